The normalized spacial score (nSPS) is 14.3. The summed E-state index contributed by atoms with van der Waals surface area (Å²) in [7, 11) is 0. The van der Waals surface area contributed by atoms with Gasteiger partial charge in [0.2, 0.25) is 0 Å². The van der Waals surface area contributed by atoms with Crippen molar-refractivity contribution in [1.29, 1.82) is 0 Å². The molecule has 0 spiro atoms. The van der Waals surface area contributed by atoms with E-state index >= 15 is 0 Å². The minimum atomic E-state index is -4.58. The van der Waals surface area contributed by atoms with Crippen LogP contribution in [0.3, 0.4) is 0 Å². The molecule has 0 fully saturated rings. The van der Waals surface area contributed by atoms with Gasteiger partial charge in [-0.15, -0.1) is 0 Å². The lowest BCUT2D eigenvalue weighted by Crippen LogP contribution is -2.24. The van der Waals surface area contributed by atoms with Gasteiger partial charge in [0.15, 0.2) is 5.75 Å². The van der Waals surface area contributed by atoms with E-state index in [0.717, 1.165) is 6.08 Å². The van der Waals surface area contributed by atoms with Crippen molar-refractivity contribution in [3.8, 4) is 11.5 Å². The molecule has 1 aromatic carbocycles. The first-order valence-electron chi connectivity index (χ1n) is 8.22. The molecule has 1 rings (SSSR count). The third-order valence-corrected chi connectivity index (χ3v) is 4.88. The summed E-state index contributed by atoms with van der Waals surface area (Å²) in [6.07, 6.45) is -2.77. The van der Waals surface area contributed by atoms with Crippen LogP contribution in [0, 0.1) is 5.92 Å². The van der Waals surface area contributed by atoms with E-state index in [1.165, 1.54) is 18.2 Å². The third-order valence-electron chi connectivity index (χ3n) is 3.64. The molecule has 11 heteroatoms. The van der Waals surface area contributed by atoms with Gasteiger partial charge in [-0.2, -0.15) is 13.2 Å². The number of rotatable bonds is 10. The monoisotopic (exact) mass is 514 g/mol. The summed E-state index contributed by atoms with van der Waals surface area (Å²) in [5.74, 6) is 0.481. The lowest BCUT2D eigenvalue weighted by atomic mass is 10.1. The molecule has 2 unspecified atom stereocenters. The lowest BCUT2D eigenvalue weighted by Gasteiger charge is -2.21. The second-order valence-electron chi connectivity index (χ2n) is 5.90. The summed E-state index contributed by atoms with van der Waals surface area (Å²) in [6.45, 7) is 3.54. The van der Waals surface area contributed by atoms with Crippen LogP contribution >= 0.6 is 58.0 Å². The number of alkyl halides is 3. The Balaban J connectivity index is 2.60. The summed E-state index contributed by atoms with van der Waals surface area (Å²) >= 11 is 28.5. The topological polar surface area (TPSA) is 27.7 Å². The molecule has 3 nitrogen and oxygen atoms in total. The average molecular weight is 517 g/mol. The van der Waals surface area contributed by atoms with Crippen molar-refractivity contribution >= 4 is 58.0 Å². The lowest BCUT2D eigenvalue weighted by molar-refractivity contribution is -0.0854. The fourth-order valence-electron chi connectivity index (χ4n) is 1.86. The number of benzene rings is 1. The maximum Gasteiger partial charge on any atom is 0.426 e. The zero-order chi connectivity index (χ0) is 22.2. The minimum Gasteiger partial charge on any atom is -0.490 e. The standard InChI is InChI=1S/C18H18Cl5F3O3/c1-10(11(2)27-5-3-15(21)18(24,25)26)9-29-17-13(19)7-12(8-14(17)20)28-6-4-16(22)23/h3-4,7-8,10-11H,5-6,9H2,1-2H3/b15-3-. The largest absolute Gasteiger partial charge is 0.490 e. The molecule has 0 aliphatic carbocycles. The van der Waals surface area contributed by atoms with E-state index in [9.17, 15) is 13.2 Å². The first-order valence-corrected chi connectivity index (χ1v) is 10.1. The van der Waals surface area contributed by atoms with E-state index in [2.05, 4.69) is 0 Å². The molecule has 0 amide bonds. The summed E-state index contributed by atoms with van der Waals surface area (Å²) in [5.41, 5.74) is 0. The van der Waals surface area contributed by atoms with Gasteiger partial charge >= 0.3 is 6.18 Å². The van der Waals surface area contributed by atoms with Gasteiger partial charge in [-0.05, 0) is 19.1 Å². The van der Waals surface area contributed by atoms with Gasteiger partial charge in [-0.3, -0.25) is 0 Å². The smallest absolute Gasteiger partial charge is 0.426 e. The molecule has 29 heavy (non-hydrogen) atoms. The fourth-order valence-corrected chi connectivity index (χ4v) is 2.63. The summed E-state index contributed by atoms with van der Waals surface area (Å²) in [5, 5.41) is -0.762. The zero-order valence-corrected chi connectivity index (χ0v) is 19.1. The zero-order valence-electron chi connectivity index (χ0n) is 15.3. The van der Waals surface area contributed by atoms with Gasteiger partial charge in [0, 0.05) is 18.1 Å². The highest BCUT2D eigenvalue weighted by atomic mass is 35.5. The molecular formula is C18H18Cl5F3O3. The molecule has 0 saturated heterocycles. The molecule has 164 valence electrons. The van der Waals surface area contributed by atoms with Crippen LogP contribution in [0.25, 0.3) is 0 Å². The first kappa shape index (κ1) is 26.5. The molecule has 0 saturated carbocycles. The van der Waals surface area contributed by atoms with Crippen LogP contribution in [0.4, 0.5) is 13.2 Å². The fraction of sp³-hybridized carbons (Fsp3) is 0.444. The molecule has 2 atom stereocenters. The van der Waals surface area contributed by atoms with Gasteiger partial charge in [-0.1, -0.05) is 64.9 Å². The predicted molar refractivity (Wildman–Crippen MR) is 112 cm³/mol. The number of halogens is 8. The van der Waals surface area contributed by atoms with E-state index in [1.54, 1.807) is 13.8 Å². The number of hydrogen-bond acceptors (Lipinski definition) is 3. The molecule has 0 N–H and O–H groups in total. The Morgan fingerprint density at radius 1 is 1.00 bits per heavy atom. The Kier molecular flexibility index (Phi) is 11.3. The molecule has 0 aliphatic heterocycles. The molecule has 0 bridgehead atoms. The molecule has 0 aromatic heterocycles. The predicted octanol–water partition coefficient (Wildman–Crippen LogP) is 7.80. The van der Waals surface area contributed by atoms with Gasteiger partial charge in [-0.25, -0.2) is 0 Å². The summed E-state index contributed by atoms with van der Waals surface area (Å²) in [6, 6.07) is 3.04. The van der Waals surface area contributed by atoms with E-state index in [-0.39, 0.29) is 46.0 Å². The Bertz CT molecular complexity index is 711. The average Bonchev–Trinajstić information content (AvgIpc) is 2.59. The van der Waals surface area contributed by atoms with Gasteiger partial charge in [0.25, 0.3) is 0 Å². The number of hydrogen-bond donors (Lipinski definition) is 0. The van der Waals surface area contributed by atoms with Crippen molar-refractivity contribution in [2.45, 2.75) is 26.1 Å². The maximum atomic E-state index is 12.3. The second-order valence-corrected chi connectivity index (χ2v) is 8.13. The van der Waals surface area contributed by atoms with E-state index in [4.69, 9.17) is 72.2 Å². The van der Waals surface area contributed by atoms with E-state index in [1.807, 2.05) is 0 Å². The van der Waals surface area contributed by atoms with Gasteiger partial charge in [0.05, 0.1) is 29.4 Å². The highest BCUT2D eigenvalue weighted by molar-refractivity contribution is 6.55. The van der Waals surface area contributed by atoms with Crippen molar-refractivity contribution in [1.82, 2.24) is 0 Å². The molecule has 1 aromatic rings. The van der Waals surface area contributed by atoms with Crippen LogP contribution in [0.15, 0.2) is 33.8 Å². The van der Waals surface area contributed by atoms with Crippen LogP contribution in [0.1, 0.15) is 13.8 Å². The van der Waals surface area contributed by atoms with Crippen molar-refractivity contribution in [3.63, 3.8) is 0 Å². The summed E-state index contributed by atoms with van der Waals surface area (Å²) < 4.78 is 53.4. The Labute approximate surface area is 192 Å². The highest BCUT2D eigenvalue weighted by Gasteiger charge is 2.32. The van der Waals surface area contributed by atoms with Crippen molar-refractivity contribution in [2.24, 2.45) is 5.92 Å². The highest BCUT2D eigenvalue weighted by Crippen LogP contribution is 2.37. The summed E-state index contributed by atoms with van der Waals surface area (Å²) in [4.78, 5) is 0. The van der Waals surface area contributed by atoms with Crippen molar-refractivity contribution in [3.05, 3.63) is 43.9 Å². The Morgan fingerprint density at radius 3 is 2.10 bits per heavy atom. The van der Waals surface area contributed by atoms with E-state index < -0.39 is 17.3 Å². The molecule has 0 heterocycles. The van der Waals surface area contributed by atoms with Crippen LogP contribution in [0.5, 0.6) is 11.5 Å². The second kappa shape index (κ2) is 12.4. The van der Waals surface area contributed by atoms with Crippen molar-refractivity contribution < 1.29 is 27.4 Å². The third kappa shape index (κ3) is 9.90. The SMILES string of the molecule is CC(COc1c(Cl)cc(OCC=C(Cl)Cl)cc1Cl)C(C)OC/C=C(\Cl)C(F)(F)F. The molecule has 0 aliphatic rings. The Hall–Kier alpha value is -0.500. The number of allylic oxidation sites excluding steroid dienone is 1. The van der Waals surface area contributed by atoms with Crippen LogP contribution < -0.4 is 9.47 Å². The van der Waals surface area contributed by atoms with E-state index in [0.29, 0.717) is 5.75 Å². The number of ether oxygens (including phenoxy) is 3. The molecular weight excluding hydrogens is 498 g/mol. The first-order chi connectivity index (χ1) is 13.4. The quantitative estimate of drug-likeness (QED) is 0.318. The van der Waals surface area contributed by atoms with Crippen molar-refractivity contribution in [2.75, 3.05) is 19.8 Å². The minimum absolute atomic E-state index is 0.0728. The van der Waals surface area contributed by atoms with Gasteiger partial charge in [0.1, 0.15) is 21.9 Å². The maximum absolute atomic E-state index is 12.3. The Morgan fingerprint density at radius 2 is 1.59 bits per heavy atom. The molecule has 0 radical (unpaired) electrons. The van der Waals surface area contributed by atoms with Crippen LogP contribution in [0.2, 0.25) is 10.0 Å². The van der Waals surface area contributed by atoms with Gasteiger partial charge < -0.3 is 14.2 Å². The van der Waals surface area contributed by atoms with Crippen LogP contribution in [-0.2, 0) is 4.74 Å². The van der Waals surface area contributed by atoms with Crippen LogP contribution in [-0.4, -0.2) is 32.1 Å².